The van der Waals surface area contributed by atoms with E-state index in [1.54, 1.807) is 19.1 Å². The number of amides is 2. The normalized spacial score (nSPS) is 11.1. The third kappa shape index (κ3) is 3.62. The van der Waals surface area contributed by atoms with Gasteiger partial charge in [0.05, 0.1) is 12.7 Å². The minimum Gasteiger partial charge on any atom is -0.495 e. The van der Waals surface area contributed by atoms with E-state index in [4.69, 9.17) is 15.1 Å². The molecule has 0 unspecified atom stereocenters. The second-order valence-electron chi connectivity index (χ2n) is 3.89. The SMILES string of the molecule is CC[C@@H](NC(=O)Nc1c(C#N)cccc1OC)C(=O)O. The number of rotatable bonds is 5. The Hall–Kier alpha value is -2.75. The first kappa shape index (κ1) is 15.3. The van der Waals surface area contributed by atoms with Crippen LogP contribution in [0.3, 0.4) is 0 Å². The number of ether oxygens (including phenoxy) is 1. The number of urea groups is 1. The van der Waals surface area contributed by atoms with Gasteiger partial charge in [0.1, 0.15) is 23.5 Å². The average molecular weight is 277 g/mol. The summed E-state index contributed by atoms with van der Waals surface area (Å²) in [7, 11) is 1.41. The highest BCUT2D eigenvalue weighted by Gasteiger charge is 2.19. The molecule has 0 spiro atoms. The molecule has 0 bridgehead atoms. The van der Waals surface area contributed by atoms with Gasteiger partial charge >= 0.3 is 12.0 Å². The Morgan fingerprint density at radius 2 is 2.20 bits per heavy atom. The second kappa shape index (κ2) is 6.99. The van der Waals surface area contributed by atoms with Gasteiger partial charge in [-0.2, -0.15) is 5.26 Å². The Kier molecular flexibility index (Phi) is 5.35. The van der Waals surface area contributed by atoms with E-state index in [1.165, 1.54) is 13.2 Å². The van der Waals surface area contributed by atoms with Crippen LogP contribution in [-0.2, 0) is 4.79 Å². The maximum absolute atomic E-state index is 11.8. The van der Waals surface area contributed by atoms with E-state index < -0.39 is 18.0 Å². The Morgan fingerprint density at radius 1 is 1.50 bits per heavy atom. The first-order chi connectivity index (χ1) is 9.53. The summed E-state index contributed by atoms with van der Waals surface area (Å²) in [4.78, 5) is 22.6. The molecule has 1 aromatic rings. The van der Waals surface area contributed by atoms with Crippen LogP contribution in [0.15, 0.2) is 18.2 Å². The van der Waals surface area contributed by atoms with Crippen LogP contribution in [0.4, 0.5) is 10.5 Å². The largest absolute Gasteiger partial charge is 0.495 e. The number of anilines is 1. The van der Waals surface area contributed by atoms with E-state index in [0.717, 1.165) is 0 Å². The Labute approximate surface area is 116 Å². The van der Waals surface area contributed by atoms with Crippen molar-refractivity contribution >= 4 is 17.7 Å². The highest BCUT2D eigenvalue weighted by Crippen LogP contribution is 2.27. The molecule has 0 aliphatic carbocycles. The van der Waals surface area contributed by atoms with Crippen LogP contribution in [-0.4, -0.2) is 30.3 Å². The van der Waals surface area contributed by atoms with Crippen LogP contribution < -0.4 is 15.4 Å². The van der Waals surface area contributed by atoms with Crippen LogP contribution >= 0.6 is 0 Å². The number of nitrogens with one attached hydrogen (secondary N) is 2. The van der Waals surface area contributed by atoms with Crippen molar-refractivity contribution in [1.82, 2.24) is 5.32 Å². The van der Waals surface area contributed by atoms with Gasteiger partial charge in [-0.25, -0.2) is 9.59 Å². The van der Waals surface area contributed by atoms with Crippen LogP contribution in [0.25, 0.3) is 0 Å². The van der Waals surface area contributed by atoms with E-state index in [-0.39, 0.29) is 17.7 Å². The zero-order valence-electron chi connectivity index (χ0n) is 11.1. The lowest BCUT2D eigenvalue weighted by Crippen LogP contribution is -2.42. The number of benzene rings is 1. The van der Waals surface area contributed by atoms with Gasteiger partial charge in [-0.05, 0) is 18.6 Å². The molecule has 0 aromatic heterocycles. The predicted octanol–water partition coefficient (Wildman–Crippen LogP) is 1.55. The highest BCUT2D eigenvalue weighted by atomic mass is 16.5. The lowest BCUT2D eigenvalue weighted by molar-refractivity contribution is -0.139. The molecule has 1 aromatic carbocycles. The van der Waals surface area contributed by atoms with Gasteiger partial charge in [0, 0.05) is 0 Å². The molecule has 2 amide bonds. The monoisotopic (exact) mass is 277 g/mol. The number of carbonyl (C=O) groups excluding carboxylic acids is 1. The van der Waals surface area contributed by atoms with E-state index >= 15 is 0 Å². The molecule has 7 heteroatoms. The van der Waals surface area contributed by atoms with Crippen molar-refractivity contribution in [3.05, 3.63) is 23.8 Å². The first-order valence-corrected chi connectivity index (χ1v) is 5.90. The Balaban J connectivity index is 2.91. The van der Waals surface area contributed by atoms with Crippen molar-refractivity contribution < 1.29 is 19.4 Å². The summed E-state index contributed by atoms with van der Waals surface area (Å²) in [5, 5.41) is 22.6. The number of carbonyl (C=O) groups is 2. The van der Waals surface area contributed by atoms with Crippen LogP contribution in [0, 0.1) is 11.3 Å². The van der Waals surface area contributed by atoms with Gasteiger partial charge in [-0.1, -0.05) is 13.0 Å². The molecular formula is C13H15N3O4. The lowest BCUT2D eigenvalue weighted by atomic mass is 10.2. The van der Waals surface area contributed by atoms with Gasteiger partial charge in [0.2, 0.25) is 0 Å². The summed E-state index contributed by atoms with van der Waals surface area (Å²) >= 11 is 0. The number of aliphatic carboxylic acids is 1. The fourth-order valence-corrected chi connectivity index (χ4v) is 1.57. The molecule has 0 saturated heterocycles. The molecule has 20 heavy (non-hydrogen) atoms. The number of para-hydroxylation sites is 1. The summed E-state index contributed by atoms with van der Waals surface area (Å²) < 4.78 is 5.06. The summed E-state index contributed by atoms with van der Waals surface area (Å²) in [6.07, 6.45) is 0.250. The number of carboxylic acid groups (broad SMARTS) is 1. The molecule has 7 nitrogen and oxygen atoms in total. The van der Waals surface area contributed by atoms with Crippen molar-refractivity contribution in [3.8, 4) is 11.8 Å². The van der Waals surface area contributed by atoms with E-state index in [0.29, 0.717) is 5.75 Å². The number of nitriles is 1. The van der Waals surface area contributed by atoms with Gasteiger partial charge in [0.25, 0.3) is 0 Å². The maximum atomic E-state index is 11.8. The molecule has 0 saturated carbocycles. The van der Waals surface area contributed by atoms with Gasteiger partial charge in [-0.3, -0.25) is 0 Å². The molecule has 0 aliphatic heterocycles. The average Bonchev–Trinajstić information content (AvgIpc) is 2.44. The predicted molar refractivity (Wildman–Crippen MR) is 71.6 cm³/mol. The fourth-order valence-electron chi connectivity index (χ4n) is 1.57. The minimum absolute atomic E-state index is 0.204. The lowest BCUT2D eigenvalue weighted by Gasteiger charge is -2.15. The molecule has 0 heterocycles. The molecule has 3 N–H and O–H groups in total. The van der Waals surface area contributed by atoms with Gasteiger partial charge in [-0.15, -0.1) is 0 Å². The van der Waals surface area contributed by atoms with E-state index in [1.807, 2.05) is 6.07 Å². The van der Waals surface area contributed by atoms with Crippen LogP contribution in [0.1, 0.15) is 18.9 Å². The zero-order chi connectivity index (χ0) is 15.1. The molecule has 106 valence electrons. The molecule has 0 aliphatic rings. The summed E-state index contributed by atoms with van der Waals surface area (Å²) in [5.74, 6) is -0.800. The van der Waals surface area contributed by atoms with Crippen LogP contribution in [0.2, 0.25) is 0 Å². The molecule has 0 fully saturated rings. The van der Waals surface area contributed by atoms with Crippen molar-refractivity contribution in [1.29, 1.82) is 5.26 Å². The third-order valence-corrected chi connectivity index (χ3v) is 2.62. The van der Waals surface area contributed by atoms with Crippen LogP contribution in [0.5, 0.6) is 5.75 Å². The summed E-state index contributed by atoms with van der Waals surface area (Å²) in [5.41, 5.74) is 0.429. The van der Waals surface area contributed by atoms with Gasteiger partial charge in [0.15, 0.2) is 0 Å². The smallest absolute Gasteiger partial charge is 0.326 e. The molecule has 1 atom stereocenters. The maximum Gasteiger partial charge on any atom is 0.326 e. The van der Waals surface area contributed by atoms with Gasteiger partial charge < -0.3 is 20.5 Å². The number of methoxy groups -OCH3 is 1. The standard InChI is InChI=1S/C13H15N3O4/c1-3-9(12(17)18)15-13(19)16-11-8(7-14)5-4-6-10(11)20-2/h4-6,9H,3H2,1-2H3,(H,17,18)(H2,15,16,19)/t9-/m1/s1. The topological polar surface area (TPSA) is 111 Å². The van der Waals surface area contributed by atoms with E-state index in [9.17, 15) is 9.59 Å². The summed E-state index contributed by atoms with van der Waals surface area (Å²) in [6.45, 7) is 1.64. The number of carboxylic acids is 1. The van der Waals surface area contributed by atoms with Crippen molar-refractivity contribution in [2.45, 2.75) is 19.4 Å². The number of hydrogen-bond acceptors (Lipinski definition) is 4. The third-order valence-electron chi connectivity index (χ3n) is 2.62. The Morgan fingerprint density at radius 3 is 2.70 bits per heavy atom. The Bertz CT molecular complexity index is 551. The first-order valence-electron chi connectivity index (χ1n) is 5.90. The van der Waals surface area contributed by atoms with E-state index in [2.05, 4.69) is 10.6 Å². The second-order valence-corrected chi connectivity index (χ2v) is 3.89. The minimum atomic E-state index is -1.12. The highest BCUT2D eigenvalue weighted by molar-refractivity contribution is 5.94. The zero-order valence-corrected chi connectivity index (χ0v) is 11.1. The van der Waals surface area contributed by atoms with Crippen molar-refractivity contribution in [2.75, 3.05) is 12.4 Å². The molecule has 0 radical (unpaired) electrons. The fraction of sp³-hybridized carbons (Fsp3) is 0.308. The number of hydrogen-bond donors (Lipinski definition) is 3. The number of nitrogens with zero attached hydrogens (tertiary/aromatic N) is 1. The molecule has 1 rings (SSSR count). The van der Waals surface area contributed by atoms with Crippen molar-refractivity contribution in [3.63, 3.8) is 0 Å². The van der Waals surface area contributed by atoms with Crippen molar-refractivity contribution in [2.24, 2.45) is 0 Å². The summed E-state index contributed by atoms with van der Waals surface area (Å²) in [6, 6.07) is 4.95. The molecular weight excluding hydrogens is 262 g/mol. The quantitative estimate of drug-likeness (QED) is 0.756.